The molecule has 1 aliphatic heterocycles. The van der Waals surface area contributed by atoms with Crippen LogP contribution in [0.5, 0.6) is 0 Å². The van der Waals surface area contributed by atoms with Crippen molar-refractivity contribution in [3.05, 3.63) is 46.8 Å². The largest absolute Gasteiger partial charge is 0.481 e. The van der Waals surface area contributed by atoms with Crippen molar-refractivity contribution in [2.24, 2.45) is 23.3 Å². The first-order chi connectivity index (χ1) is 19.0. The van der Waals surface area contributed by atoms with Gasteiger partial charge in [-0.25, -0.2) is 13.2 Å². The second-order valence-corrected chi connectivity index (χ2v) is 10.2. The lowest BCUT2D eigenvalue weighted by Crippen LogP contribution is -2.42. The number of nitrogens with two attached hydrogens (primary N) is 2. The Morgan fingerprint density at radius 2 is 1.63 bits per heavy atom. The Bertz CT molecular complexity index is 1220. The lowest BCUT2D eigenvalue weighted by Gasteiger charge is -2.29. The van der Waals surface area contributed by atoms with E-state index in [-0.39, 0.29) is 62.6 Å². The minimum Gasteiger partial charge on any atom is -0.481 e. The van der Waals surface area contributed by atoms with E-state index in [2.05, 4.69) is 10.2 Å². The molecule has 2 atom stereocenters. The van der Waals surface area contributed by atoms with Gasteiger partial charge in [-0.3, -0.25) is 14.4 Å². The van der Waals surface area contributed by atoms with Crippen LogP contribution < -0.4 is 11.5 Å². The monoisotopic (exact) mass is 594 g/mol. The van der Waals surface area contributed by atoms with Crippen molar-refractivity contribution < 1.29 is 45.8 Å². The number of primary amides is 1. The molecule has 16 heteroatoms. The maximum atomic E-state index is 13.7. The summed E-state index contributed by atoms with van der Waals surface area (Å²) in [6, 6.07) is 0.184. The lowest BCUT2D eigenvalue weighted by atomic mass is 9.91. The molecule has 1 aromatic heterocycles. The van der Waals surface area contributed by atoms with Gasteiger partial charge in [0.2, 0.25) is 17.6 Å². The third-order valence-corrected chi connectivity index (χ3v) is 6.13. The van der Waals surface area contributed by atoms with Crippen LogP contribution in [0.15, 0.2) is 12.1 Å². The van der Waals surface area contributed by atoms with Gasteiger partial charge in [-0.2, -0.15) is 13.2 Å². The first kappa shape index (κ1) is 33.5. The molecule has 228 valence electrons. The van der Waals surface area contributed by atoms with Crippen molar-refractivity contribution in [2.75, 3.05) is 6.54 Å². The summed E-state index contributed by atoms with van der Waals surface area (Å²) in [5.41, 5.74) is 10.7. The topological polar surface area (TPSA) is 157 Å². The minimum atomic E-state index is -4.64. The second-order valence-electron chi connectivity index (χ2n) is 10.2. The molecular weight excluding hydrogens is 562 g/mol. The molecule has 0 saturated heterocycles. The van der Waals surface area contributed by atoms with Crippen LogP contribution in [0.4, 0.5) is 26.3 Å². The number of fused-ring (bicyclic) bond motifs is 1. The summed E-state index contributed by atoms with van der Waals surface area (Å²) >= 11 is 0. The molecule has 5 N–H and O–H groups in total. The molecule has 1 aliphatic rings. The number of carbonyl (C=O) groups is 3. The van der Waals surface area contributed by atoms with E-state index < -0.39 is 53.3 Å². The van der Waals surface area contributed by atoms with E-state index in [0.717, 1.165) is 11.0 Å². The Labute approximate surface area is 231 Å². The molecule has 2 amide bonds. The lowest BCUT2D eigenvalue weighted by molar-refractivity contribution is -0.148. The number of halogens is 6. The molecule has 0 aliphatic carbocycles. The van der Waals surface area contributed by atoms with Crippen molar-refractivity contribution in [1.82, 2.24) is 19.7 Å². The number of hydrogen-bond acceptors (Lipinski definition) is 6. The van der Waals surface area contributed by atoms with Gasteiger partial charge >= 0.3 is 12.1 Å². The highest BCUT2D eigenvalue weighted by atomic mass is 19.4. The third kappa shape index (κ3) is 10.3. The molecule has 2 heterocycles. The van der Waals surface area contributed by atoms with E-state index in [1.54, 1.807) is 0 Å². The van der Waals surface area contributed by atoms with Gasteiger partial charge < -0.3 is 26.0 Å². The van der Waals surface area contributed by atoms with Gasteiger partial charge in [0.1, 0.15) is 5.82 Å². The van der Waals surface area contributed by atoms with Crippen LogP contribution in [0.2, 0.25) is 0 Å². The molecule has 0 fully saturated rings. The molecule has 0 saturated carbocycles. The van der Waals surface area contributed by atoms with Crippen molar-refractivity contribution in [2.45, 2.75) is 71.3 Å². The first-order valence-electron chi connectivity index (χ1n) is 12.6. The van der Waals surface area contributed by atoms with E-state index in [4.69, 9.17) is 16.6 Å². The molecule has 0 spiro atoms. The predicted octanol–water partition coefficient (Wildman–Crippen LogP) is 3.02. The van der Waals surface area contributed by atoms with Gasteiger partial charge in [0.15, 0.2) is 17.5 Å². The van der Waals surface area contributed by atoms with E-state index in [0.29, 0.717) is 18.1 Å². The molecule has 3 rings (SSSR count). The number of carboxylic acids is 1. The van der Waals surface area contributed by atoms with Crippen LogP contribution in [0.1, 0.15) is 56.7 Å². The summed E-state index contributed by atoms with van der Waals surface area (Å²) in [4.78, 5) is 34.6. The predicted molar refractivity (Wildman–Crippen MR) is 132 cm³/mol. The molecule has 0 radical (unpaired) electrons. The number of carbonyl (C=O) groups excluding carboxylic acids is 2. The Balaban J connectivity index is 0.000000383. The molecule has 1 aromatic carbocycles. The Morgan fingerprint density at radius 3 is 2.20 bits per heavy atom. The van der Waals surface area contributed by atoms with Gasteiger partial charge in [0.25, 0.3) is 0 Å². The zero-order chi connectivity index (χ0) is 31.1. The number of aromatic nitrogens is 3. The summed E-state index contributed by atoms with van der Waals surface area (Å²) in [6.45, 7) is 3.69. The maximum Gasteiger partial charge on any atom is 0.451 e. The van der Waals surface area contributed by atoms with E-state index >= 15 is 0 Å². The maximum absolute atomic E-state index is 13.7. The van der Waals surface area contributed by atoms with Crippen LogP contribution in [-0.4, -0.2) is 55.1 Å². The van der Waals surface area contributed by atoms with E-state index in [1.165, 1.54) is 4.90 Å². The van der Waals surface area contributed by atoms with Crippen LogP contribution >= 0.6 is 0 Å². The van der Waals surface area contributed by atoms with E-state index in [9.17, 15) is 40.7 Å². The van der Waals surface area contributed by atoms with Crippen LogP contribution in [-0.2, 0) is 40.1 Å². The second kappa shape index (κ2) is 14.3. The Hall–Kier alpha value is -3.69. The van der Waals surface area contributed by atoms with Gasteiger partial charge in [-0.05, 0) is 36.3 Å². The molecule has 2 aromatic rings. The molecule has 41 heavy (non-hydrogen) atoms. The Morgan fingerprint density at radius 1 is 1.00 bits per heavy atom. The highest BCUT2D eigenvalue weighted by Crippen LogP contribution is 2.29. The normalized spacial score (nSPS) is 14.6. The van der Waals surface area contributed by atoms with Gasteiger partial charge in [-0.1, -0.05) is 13.8 Å². The van der Waals surface area contributed by atoms with Crippen molar-refractivity contribution in [1.29, 1.82) is 0 Å². The van der Waals surface area contributed by atoms with Crippen LogP contribution in [0.3, 0.4) is 0 Å². The summed E-state index contributed by atoms with van der Waals surface area (Å²) in [7, 11) is 0. The number of benzene rings is 1. The molecule has 0 bridgehead atoms. The third-order valence-electron chi connectivity index (χ3n) is 6.13. The summed E-state index contributed by atoms with van der Waals surface area (Å²) in [6.07, 6.45) is -4.18. The number of carboxylic acid groups (broad SMARTS) is 1. The van der Waals surface area contributed by atoms with Gasteiger partial charge in [0.05, 0.1) is 6.54 Å². The fraction of sp³-hybridized carbons (Fsp3) is 0.560. The van der Waals surface area contributed by atoms with Crippen molar-refractivity contribution in [3.8, 4) is 0 Å². The first-order valence-corrected chi connectivity index (χ1v) is 12.6. The average molecular weight is 595 g/mol. The average Bonchev–Trinajstić information content (AvgIpc) is 3.25. The zero-order valence-electron chi connectivity index (χ0n) is 22.4. The van der Waals surface area contributed by atoms with Crippen molar-refractivity contribution in [3.63, 3.8) is 0 Å². The minimum absolute atomic E-state index is 0.000783. The molecule has 1 unspecified atom stereocenters. The van der Waals surface area contributed by atoms with E-state index in [1.807, 2.05) is 13.8 Å². The standard InChI is InChI=1S/C16H15F6N5O.C9H17NO3/c17-10-6-12(19)11(18)4-8(10)3-9(23)5-14(28)26-1-2-27-13(7-26)24-25-15(27)16(20,21)22;1-6(2)3-7(4-8(10)11)5-9(12)13/h4,6,9H,1-3,5,7,23H2;6-7H,3-5H2,1-2H3,(H2,10,11)(H,12,13)/t;7-/m.0/s1. The quantitative estimate of drug-likeness (QED) is 0.282. The fourth-order valence-electron chi connectivity index (χ4n) is 4.45. The summed E-state index contributed by atoms with van der Waals surface area (Å²) < 4.78 is 79.3. The summed E-state index contributed by atoms with van der Waals surface area (Å²) in [5.74, 6) is -6.16. The van der Waals surface area contributed by atoms with Gasteiger partial charge in [0, 0.05) is 44.5 Å². The van der Waals surface area contributed by atoms with Gasteiger partial charge in [-0.15, -0.1) is 10.2 Å². The highest BCUT2D eigenvalue weighted by molar-refractivity contribution is 5.77. The zero-order valence-corrected chi connectivity index (χ0v) is 22.4. The fourth-order valence-corrected chi connectivity index (χ4v) is 4.45. The molecule has 10 nitrogen and oxygen atoms in total. The number of hydrogen-bond donors (Lipinski definition) is 3. The van der Waals surface area contributed by atoms with Crippen LogP contribution in [0.25, 0.3) is 0 Å². The number of aliphatic carboxylic acids is 1. The number of amides is 2. The van der Waals surface area contributed by atoms with Crippen molar-refractivity contribution >= 4 is 17.8 Å². The number of nitrogens with zero attached hydrogens (tertiary/aromatic N) is 4. The van der Waals surface area contributed by atoms with Crippen LogP contribution in [0, 0.1) is 29.3 Å². The molecular formula is C25H32F6N6O4. The summed E-state index contributed by atoms with van der Waals surface area (Å²) in [5, 5.41) is 15.2. The smallest absolute Gasteiger partial charge is 0.451 e. The number of alkyl halides is 3. The Kier molecular flexibility index (Phi) is 11.7. The SMILES string of the molecule is CC(C)C[C@@H](CC(N)=O)CC(=O)O.NC(CC(=O)N1CCn2c(nnc2C(F)(F)F)C1)Cc1cc(F)c(F)cc1F. The number of rotatable bonds is 10. The highest BCUT2D eigenvalue weighted by Gasteiger charge is 2.40.